The predicted molar refractivity (Wildman–Crippen MR) is 80.5 cm³/mol. The van der Waals surface area contributed by atoms with E-state index in [1.165, 1.54) is 12.0 Å². The average Bonchev–Trinajstić information content (AvgIpc) is 2.38. The van der Waals surface area contributed by atoms with Gasteiger partial charge >= 0.3 is 0 Å². The average molecular weight is 282 g/mol. The number of hydrogen-bond donors (Lipinski definition) is 1. The molecule has 1 aliphatic rings. The molecule has 0 spiro atoms. The molecule has 0 aliphatic heterocycles. The smallest absolute Gasteiger partial charge is 0.0774 e. The van der Waals surface area contributed by atoms with E-state index in [0.717, 1.165) is 37.3 Å². The summed E-state index contributed by atoms with van der Waals surface area (Å²) in [5.41, 5.74) is 0.703. The van der Waals surface area contributed by atoms with Crippen LogP contribution in [0.15, 0.2) is 24.3 Å². The van der Waals surface area contributed by atoms with Crippen molar-refractivity contribution >= 4 is 11.6 Å². The van der Waals surface area contributed by atoms with Gasteiger partial charge in [-0.3, -0.25) is 4.90 Å². The lowest BCUT2D eigenvalue weighted by Gasteiger charge is -2.38. The molecule has 1 aromatic carbocycles. The zero-order valence-electron chi connectivity index (χ0n) is 11.9. The minimum absolute atomic E-state index is 0.268. The van der Waals surface area contributed by atoms with Crippen molar-refractivity contribution in [3.05, 3.63) is 34.9 Å². The van der Waals surface area contributed by atoms with Gasteiger partial charge < -0.3 is 5.11 Å². The first-order valence-electron chi connectivity index (χ1n) is 7.18. The van der Waals surface area contributed by atoms with Gasteiger partial charge in [0.25, 0.3) is 0 Å². The normalized spacial score (nSPS) is 20.5. The number of nitrogens with zero attached hydrogens (tertiary/aromatic N) is 1. The summed E-state index contributed by atoms with van der Waals surface area (Å²) < 4.78 is 0. The van der Waals surface area contributed by atoms with Gasteiger partial charge in [0, 0.05) is 17.6 Å². The van der Waals surface area contributed by atoms with Crippen molar-refractivity contribution in [1.82, 2.24) is 4.90 Å². The Balaban J connectivity index is 2.00. The van der Waals surface area contributed by atoms with E-state index < -0.39 is 5.60 Å². The SMILES string of the molecule is CC(c1cccc(Cl)c1)N(C)CC1(O)CCCCC1. The van der Waals surface area contributed by atoms with Crippen molar-refractivity contribution in [2.75, 3.05) is 13.6 Å². The first-order chi connectivity index (χ1) is 9.00. The topological polar surface area (TPSA) is 23.5 Å². The Kier molecular flexibility index (Phi) is 4.88. The third kappa shape index (κ3) is 3.95. The van der Waals surface area contributed by atoms with Crippen LogP contribution in [0, 0.1) is 0 Å². The second-order valence-corrected chi connectivity index (χ2v) is 6.37. The zero-order chi connectivity index (χ0) is 13.9. The highest BCUT2D eigenvalue weighted by atomic mass is 35.5. The van der Waals surface area contributed by atoms with E-state index in [1.54, 1.807) is 0 Å². The largest absolute Gasteiger partial charge is 0.389 e. The highest BCUT2D eigenvalue weighted by molar-refractivity contribution is 6.30. The van der Waals surface area contributed by atoms with Gasteiger partial charge in [-0.25, -0.2) is 0 Å². The van der Waals surface area contributed by atoms with Crippen LogP contribution in [0.5, 0.6) is 0 Å². The number of hydrogen-bond acceptors (Lipinski definition) is 2. The molecule has 2 nitrogen and oxygen atoms in total. The minimum Gasteiger partial charge on any atom is -0.389 e. The summed E-state index contributed by atoms with van der Waals surface area (Å²) in [6.45, 7) is 2.90. The molecule has 106 valence electrons. The Morgan fingerprint density at radius 1 is 1.32 bits per heavy atom. The van der Waals surface area contributed by atoms with E-state index in [4.69, 9.17) is 11.6 Å². The van der Waals surface area contributed by atoms with E-state index in [-0.39, 0.29) is 6.04 Å². The molecule has 1 unspecified atom stereocenters. The Labute approximate surface area is 121 Å². The van der Waals surface area contributed by atoms with Crippen LogP contribution in [-0.4, -0.2) is 29.2 Å². The highest BCUT2D eigenvalue weighted by Crippen LogP contribution is 2.31. The Hall–Kier alpha value is -0.570. The Morgan fingerprint density at radius 3 is 2.63 bits per heavy atom. The molecule has 2 rings (SSSR count). The fourth-order valence-electron chi connectivity index (χ4n) is 2.99. The maximum Gasteiger partial charge on any atom is 0.0774 e. The van der Waals surface area contributed by atoms with Gasteiger partial charge in [-0.05, 0) is 44.5 Å². The Bertz CT molecular complexity index is 415. The van der Waals surface area contributed by atoms with Gasteiger partial charge in [0.15, 0.2) is 0 Å². The molecule has 0 aromatic heterocycles. The number of halogens is 1. The number of benzene rings is 1. The molecule has 0 heterocycles. The van der Waals surface area contributed by atoms with E-state index >= 15 is 0 Å². The van der Waals surface area contributed by atoms with Crippen LogP contribution < -0.4 is 0 Å². The predicted octanol–water partition coefficient (Wildman–Crippen LogP) is 4.03. The number of likely N-dealkylation sites (N-methyl/N-ethyl adjacent to an activating group) is 1. The van der Waals surface area contributed by atoms with E-state index in [2.05, 4.69) is 24.9 Å². The van der Waals surface area contributed by atoms with Crippen LogP contribution in [0.25, 0.3) is 0 Å². The molecule has 0 radical (unpaired) electrons. The number of rotatable bonds is 4. The van der Waals surface area contributed by atoms with E-state index in [1.807, 2.05) is 18.2 Å². The summed E-state index contributed by atoms with van der Waals surface area (Å²) in [6.07, 6.45) is 5.42. The van der Waals surface area contributed by atoms with Gasteiger partial charge in [0.1, 0.15) is 0 Å². The lowest BCUT2D eigenvalue weighted by Crippen LogP contribution is -2.43. The van der Waals surface area contributed by atoms with E-state index in [9.17, 15) is 5.11 Å². The third-order valence-electron chi connectivity index (χ3n) is 4.32. The molecule has 1 fully saturated rings. The van der Waals surface area contributed by atoms with Crippen LogP contribution >= 0.6 is 11.6 Å². The number of aliphatic hydroxyl groups is 1. The molecule has 1 N–H and O–H groups in total. The molecule has 1 atom stereocenters. The molecule has 1 aromatic rings. The molecular weight excluding hydrogens is 258 g/mol. The van der Waals surface area contributed by atoms with Crippen LogP contribution in [0.3, 0.4) is 0 Å². The summed E-state index contributed by atoms with van der Waals surface area (Å²) in [6, 6.07) is 8.25. The van der Waals surface area contributed by atoms with Gasteiger partial charge in [-0.15, -0.1) is 0 Å². The second-order valence-electron chi connectivity index (χ2n) is 5.93. The minimum atomic E-state index is -0.500. The van der Waals surface area contributed by atoms with Crippen LogP contribution in [0.4, 0.5) is 0 Å². The summed E-state index contributed by atoms with van der Waals surface area (Å²) in [5, 5.41) is 11.4. The van der Waals surface area contributed by atoms with E-state index in [0.29, 0.717) is 0 Å². The van der Waals surface area contributed by atoms with Crippen LogP contribution in [0.2, 0.25) is 5.02 Å². The first-order valence-corrected chi connectivity index (χ1v) is 7.56. The molecule has 3 heteroatoms. The third-order valence-corrected chi connectivity index (χ3v) is 4.56. The van der Waals surface area contributed by atoms with Crippen molar-refractivity contribution in [2.45, 2.75) is 50.7 Å². The molecule has 0 amide bonds. The molecule has 1 aliphatic carbocycles. The van der Waals surface area contributed by atoms with Crippen molar-refractivity contribution in [3.63, 3.8) is 0 Å². The summed E-state index contributed by atoms with van der Waals surface area (Å²) >= 11 is 6.04. The van der Waals surface area contributed by atoms with Crippen LogP contribution in [-0.2, 0) is 0 Å². The van der Waals surface area contributed by atoms with Crippen LogP contribution in [0.1, 0.15) is 50.6 Å². The molecular formula is C16H24ClNO. The van der Waals surface area contributed by atoms with Crippen molar-refractivity contribution < 1.29 is 5.11 Å². The summed E-state index contributed by atoms with van der Waals surface area (Å²) in [7, 11) is 2.08. The summed E-state index contributed by atoms with van der Waals surface area (Å²) in [5.74, 6) is 0. The van der Waals surface area contributed by atoms with Gasteiger partial charge in [-0.2, -0.15) is 0 Å². The summed E-state index contributed by atoms with van der Waals surface area (Å²) in [4.78, 5) is 2.23. The second kappa shape index (κ2) is 6.25. The van der Waals surface area contributed by atoms with Gasteiger partial charge in [0.2, 0.25) is 0 Å². The lowest BCUT2D eigenvalue weighted by molar-refractivity contribution is -0.0280. The standard InChI is InChI=1S/C16H24ClNO/c1-13(14-7-6-8-15(17)11-14)18(2)12-16(19)9-4-3-5-10-16/h6-8,11,13,19H,3-5,9-10,12H2,1-2H3. The fourth-order valence-corrected chi connectivity index (χ4v) is 3.19. The molecule has 0 saturated heterocycles. The first kappa shape index (κ1) is 14.8. The van der Waals surface area contributed by atoms with Crippen molar-refractivity contribution in [2.24, 2.45) is 0 Å². The lowest BCUT2D eigenvalue weighted by atomic mass is 9.84. The molecule has 19 heavy (non-hydrogen) atoms. The maximum absolute atomic E-state index is 10.6. The fraction of sp³-hybridized carbons (Fsp3) is 0.625. The quantitative estimate of drug-likeness (QED) is 0.901. The molecule has 1 saturated carbocycles. The highest BCUT2D eigenvalue weighted by Gasteiger charge is 2.31. The van der Waals surface area contributed by atoms with Crippen molar-refractivity contribution in [1.29, 1.82) is 0 Å². The Morgan fingerprint density at radius 2 is 2.00 bits per heavy atom. The van der Waals surface area contributed by atoms with Gasteiger partial charge in [-0.1, -0.05) is 43.0 Å². The zero-order valence-corrected chi connectivity index (χ0v) is 12.7. The van der Waals surface area contributed by atoms with Crippen molar-refractivity contribution in [3.8, 4) is 0 Å². The molecule has 0 bridgehead atoms. The monoisotopic (exact) mass is 281 g/mol. The maximum atomic E-state index is 10.6. The van der Waals surface area contributed by atoms with Gasteiger partial charge in [0.05, 0.1) is 5.60 Å².